The SMILES string of the molecule is C=C1/C(=C/C=C2\CCC[C@]3(C)[C@@H]([C@H](C)/C=C/[C@H](O)C4(C(=O)OC)CC4)CC[C@@H]23)C[C@@H](O[Si](C)(C)C(C)(C)C)C[C@@H]1O[Si](C)(C)C(C)(C)C. The topological polar surface area (TPSA) is 65.0 Å². The third-order valence-corrected chi connectivity index (χ3v) is 23.0. The Hall–Kier alpha value is -1.26. The molecule has 4 fully saturated rings. The second-order valence-electron chi connectivity index (χ2n) is 19.2. The second-order valence-corrected chi connectivity index (χ2v) is 28.7. The predicted molar refractivity (Wildman–Crippen MR) is 205 cm³/mol. The number of hydrogen-bond acceptors (Lipinski definition) is 5. The van der Waals surface area contributed by atoms with Gasteiger partial charge in [0.1, 0.15) is 0 Å². The summed E-state index contributed by atoms with van der Waals surface area (Å²) in [6.45, 7) is 32.8. The summed E-state index contributed by atoms with van der Waals surface area (Å²) in [5, 5.41) is 11.2. The monoisotopic (exact) mass is 698 g/mol. The molecular formula is C41H70O5Si2. The lowest BCUT2D eigenvalue weighted by molar-refractivity contribution is -0.150. The standard InChI is InChI=1S/C41H70O5Si2/c1-28(17-22-36(42)41(24-25-41)37(43)44-10)33-20-21-34-30(16-15-23-40(33,34)9)18-19-31-26-32(45-47(11,12)38(3,4)5)27-35(29(31)2)46-48(13,14)39(6,7)8/h17-19,22,28,32-36,42H,2,15-16,20-21,23-27H2,1,3-14H3/b22-17+,30-18+,31-19+/t28-,32-,33-,34+,35+,36+,40-/m1/s1. The van der Waals surface area contributed by atoms with Crippen LogP contribution in [0.3, 0.4) is 0 Å². The zero-order chi connectivity index (χ0) is 36.1. The molecule has 0 amide bonds. The number of carbonyl (C=O) groups excluding carboxylic acids is 1. The molecule has 5 nitrogen and oxygen atoms in total. The van der Waals surface area contributed by atoms with Crippen molar-refractivity contribution < 1.29 is 23.5 Å². The van der Waals surface area contributed by atoms with Gasteiger partial charge in [-0.2, -0.15) is 0 Å². The number of ether oxygens (including phenoxy) is 1. The summed E-state index contributed by atoms with van der Waals surface area (Å²) in [6.07, 6.45) is 17.4. The van der Waals surface area contributed by atoms with E-state index in [1.165, 1.54) is 38.4 Å². The van der Waals surface area contributed by atoms with Crippen LogP contribution in [0.2, 0.25) is 36.3 Å². The van der Waals surface area contributed by atoms with Crippen molar-refractivity contribution in [3.8, 4) is 0 Å². The highest BCUT2D eigenvalue weighted by Gasteiger charge is 2.56. The zero-order valence-corrected chi connectivity index (χ0v) is 34.9. The first-order valence-electron chi connectivity index (χ1n) is 18.9. The number of fused-ring (bicyclic) bond motifs is 1. The number of methoxy groups -OCH3 is 1. The Morgan fingerprint density at radius 1 is 0.958 bits per heavy atom. The van der Waals surface area contributed by atoms with Crippen LogP contribution in [-0.4, -0.2) is 53.1 Å². The molecule has 0 unspecified atom stereocenters. The molecule has 1 N–H and O–H groups in total. The van der Waals surface area contributed by atoms with Crippen LogP contribution in [-0.2, 0) is 18.4 Å². The molecule has 4 rings (SSSR count). The lowest BCUT2D eigenvalue weighted by Gasteiger charge is -2.45. The fraction of sp³-hybridized carbons (Fsp3) is 0.780. The molecule has 272 valence electrons. The highest BCUT2D eigenvalue weighted by molar-refractivity contribution is 6.74. The largest absolute Gasteiger partial charge is 0.469 e. The van der Waals surface area contributed by atoms with Crippen LogP contribution in [0, 0.1) is 28.6 Å². The van der Waals surface area contributed by atoms with Gasteiger partial charge < -0.3 is 18.7 Å². The van der Waals surface area contributed by atoms with Crippen molar-refractivity contribution in [1.82, 2.24) is 0 Å². The van der Waals surface area contributed by atoms with Crippen LogP contribution in [0.15, 0.2) is 47.6 Å². The molecule has 7 heteroatoms. The Morgan fingerprint density at radius 2 is 1.56 bits per heavy atom. The normalized spacial score (nSPS) is 32.8. The second kappa shape index (κ2) is 14.0. The fourth-order valence-electron chi connectivity index (χ4n) is 8.47. The van der Waals surface area contributed by atoms with Gasteiger partial charge in [-0.05, 0) is 122 Å². The molecule has 0 heterocycles. The summed E-state index contributed by atoms with van der Waals surface area (Å²) >= 11 is 0. The van der Waals surface area contributed by atoms with Gasteiger partial charge in [0.25, 0.3) is 0 Å². The molecule has 0 saturated heterocycles. The molecule has 7 atom stereocenters. The van der Waals surface area contributed by atoms with Gasteiger partial charge >= 0.3 is 5.97 Å². The van der Waals surface area contributed by atoms with E-state index >= 15 is 0 Å². The minimum absolute atomic E-state index is 0.0107. The van der Waals surface area contributed by atoms with Crippen LogP contribution < -0.4 is 0 Å². The maximum absolute atomic E-state index is 12.3. The van der Waals surface area contributed by atoms with E-state index in [0.29, 0.717) is 30.6 Å². The Bertz CT molecular complexity index is 1290. The van der Waals surface area contributed by atoms with Crippen LogP contribution >= 0.6 is 0 Å². The van der Waals surface area contributed by atoms with Crippen molar-refractivity contribution in [3.63, 3.8) is 0 Å². The van der Waals surface area contributed by atoms with Gasteiger partial charge in [-0.15, -0.1) is 0 Å². The average Bonchev–Trinajstić information content (AvgIpc) is 3.70. The zero-order valence-electron chi connectivity index (χ0n) is 32.9. The number of hydrogen-bond donors (Lipinski definition) is 1. The Morgan fingerprint density at radius 3 is 2.12 bits per heavy atom. The Kier molecular flexibility index (Phi) is 11.6. The number of allylic oxidation sites excluding steroid dienone is 4. The molecule has 4 aliphatic carbocycles. The van der Waals surface area contributed by atoms with Gasteiger partial charge in [-0.25, -0.2) is 0 Å². The summed E-state index contributed by atoms with van der Waals surface area (Å²) in [7, 11) is -2.56. The van der Waals surface area contributed by atoms with Crippen LogP contribution in [0.4, 0.5) is 0 Å². The molecule has 0 aromatic heterocycles. The lowest BCUT2D eigenvalue weighted by Crippen LogP contribution is -2.49. The summed E-state index contributed by atoms with van der Waals surface area (Å²) in [4.78, 5) is 12.3. The number of rotatable bonds is 10. The molecule has 0 aromatic rings. The smallest absolute Gasteiger partial charge is 0.314 e. The molecule has 4 aliphatic rings. The van der Waals surface area contributed by atoms with E-state index in [0.717, 1.165) is 24.8 Å². The van der Waals surface area contributed by atoms with E-state index in [2.05, 4.69) is 106 Å². The van der Waals surface area contributed by atoms with E-state index in [4.69, 9.17) is 13.6 Å². The summed E-state index contributed by atoms with van der Waals surface area (Å²) in [5.74, 6) is 1.16. The van der Waals surface area contributed by atoms with E-state index in [1.54, 1.807) is 5.57 Å². The third kappa shape index (κ3) is 7.96. The number of aliphatic hydroxyl groups excluding tert-OH is 1. The van der Waals surface area contributed by atoms with Crippen molar-refractivity contribution in [2.24, 2.45) is 28.6 Å². The van der Waals surface area contributed by atoms with Crippen molar-refractivity contribution in [3.05, 3.63) is 47.6 Å². The molecule has 0 radical (unpaired) electrons. The summed E-state index contributed by atoms with van der Waals surface area (Å²) in [6, 6.07) is 0. The van der Waals surface area contributed by atoms with Gasteiger partial charge in [0.15, 0.2) is 16.6 Å². The maximum atomic E-state index is 12.3. The highest BCUT2D eigenvalue weighted by atomic mass is 28.4. The van der Waals surface area contributed by atoms with Crippen molar-refractivity contribution in [1.29, 1.82) is 0 Å². The van der Waals surface area contributed by atoms with E-state index in [1.807, 2.05) is 6.08 Å². The minimum Gasteiger partial charge on any atom is -0.469 e. The van der Waals surface area contributed by atoms with Crippen LogP contribution in [0.5, 0.6) is 0 Å². The number of carbonyl (C=O) groups is 1. The van der Waals surface area contributed by atoms with Gasteiger partial charge in [0.05, 0.1) is 30.8 Å². The molecule has 0 bridgehead atoms. The van der Waals surface area contributed by atoms with Gasteiger partial charge in [-0.1, -0.05) is 91.8 Å². The Labute approximate surface area is 296 Å². The molecule has 0 aromatic carbocycles. The molecule has 48 heavy (non-hydrogen) atoms. The maximum Gasteiger partial charge on any atom is 0.314 e. The van der Waals surface area contributed by atoms with Gasteiger partial charge in [-0.3, -0.25) is 4.79 Å². The quantitative estimate of drug-likeness (QED) is 0.140. The third-order valence-electron chi connectivity index (χ3n) is 14.0. The van der Waals surface area contributed by atoms with Crippen molar-refractivity contribution in [2.75, 3.05) is 7.11 Å². The average molecular weight is 699 g/mol. The number of esters is 1. The molecular weight excluding hydrogens is 629 g/mol. The van der Waals surface area contributed by atoms with Crippen LogP contribution in [0.25, 0.3) is 0 Å². The lowest BCUT2D eigenvalue weighted by atomic mass is 9.61. The molecule has 4 saturated carbocycles. The van der Waals surface area contributed by atoms with Gasteiger partial charge in [0, 0.05) is 6.42 Å². The van der Waals surface area contributed by atoms with E-state index in [9.17, 15) is 9.90 Å². The fourth-order valence-corrected chi connectivity index (χ4v) is 11.1. The van der Waals surface area contributed by atoms with Gasteiger partial charge in [0.2, 0.25) is 0 Å². The van der Waals surface area contributed by atoms with Crippen molar-refractivity contribution in [2.45, 2.75) is 168 Å². The Balaban J connectivity index is 1.56. The first-order valence-corrected chi connectivity index (χ1v) is 24.7. The molecule has 0 aliphatic heterocycles. The highest BCUT2D eigenvalue weighted by Crippen LogP contribution is 2.60. The molecule has 0 spiro atoms. The first-order chi connectivity index (χ1) is 22.0. The number of aliphatic hydroxyl groups is 1. The summed E-state index contributed by atoms with van der Waals surface area (Å²) < 4.78 is 19.2. The minimum atomic E-state index is -2.01. The first kappa shape index (κ1) is 39.5. The van der Waals surface area contributed by atoms with Crippen molar-refractivity contribution >= 4 is 22.6 Å². The summed E-state index contributed by atoms with van der Waals surface area (Å²) in [5.41, 5.74) is 3.52. The van der Waals surface area contributed by atoms with E-state index in [-0.39, 0.29) is 33.7 Å². The predicted octanol–water partition coefficient (Wildman–Crippen LogP) is 10.7. The van der Waals surface area contributed by atoms with Crippen LogP contribution in [0.1, 0.15) is 113 Å². The van der Waals surface area contributed by atoms with E-state index < -0.39 is 28.2 Å².